The quantitative estimate of drug-likeness (QED) is 0.540. The van der Waals surface area contributed by atoms with Crippen molar-refractivity contribution in [1.29, 1.82) is 0 Å². The summed E-state index contributed by atoms with van der Waals surface area (Å²) in [5, 5.41) is 2.28. The van der Waals surface area contributed by atoms with Crippen molar-refractivity contribution in [3.8, 4) is 0 Å². The Balaban J connectivity index is 1.96. The zero-order valence-corrected chi connectivity index (χ0v) is 15.6. The molecule has 1 saturated carbocycles. The average Bonchev–Trinajstić information content (AvgIpc) is 2.59. The highest BCUT2D eigenvalue weighted by atomic mass is 35.5. The predicted octanol–water partition coefficient (Wildman–Crippen LogP) is 5.21. The fraction of sp³-hybridized carbons (Fsp3) is 0.474. The molecular formula is C19H23ClN2OS. The van der Waals surface area contributed by atoms with Gasteiger partial charge in [0.15, 0.2) is 5.16 Å². The first kappa shape index (κ1) is 17.6. The number of hydrogen-bond donors (Lipinski definition) is 0. The van der Waals surface area contributed by atoms with Crippen molar-refractivity contribution < 1.29 is 0 Å². The molecule has 1 heterocycles. The van der Waals surface area contributed by atoms with E-state index in [1.54, 1.807) is 11.8 Å². The molecule has 0 unspecified atom stereocenters. The summed E-state index contributed by atoms with van der Waals surface area (Å²) < 4.78 is 1.89. The smallest absolute Gasteiger partial charge is 0.262 e. The van der Waals surface area contributed by atoms with Crippen molar-refractivity contribution in [2.45, 2.75) is 50.7 Å². The predicted molar refractivity (Wildman–Crippen MR) is 103 cm³/mol. The normalized spacial score (nSPS) is 16.7. The molecule has 1 aromatic carbocycles. The SMILES string of the molecule is CC(Cl)=CCSc1nc2ccccc2c(=O)n1CC1CCCCC1. The van der Waals surface area contributed by atoms with Gasteiger partial charge >= 0.3 is 0 Å². The van der Waals surface area contributed by atoms with Gasteiger partial charge in [0.25, 0.3) is 5.56 Å². The first-order chi connectivity index (χ1) is 11.6. The van der Waals surface area contributed by atoms with Crippen LogP contribution < -0.4 is 5.56 Å². The molecule has 0 saturated heterocycles. The molecule has 128 valence electrons. The van der Waals surface area contributed by atoms with Gasteiger partial charge in [-0.25, -0.2) is 4.98 Å². The highest BCUT2D eigenvalue weighted by molar-refractivity contribution is 7.99. The molecule has 1 aromatic heterocycles. The average molecular weight is 363 g/mol. The Morgan fingerprint density at radius 1 is 1.33 bits per heavy atom. The molecule has 1 aliphatic carbocycles. The topological polar surface area (TPSA) is 34.9 Å². The maximum atomic E-state index is 13.0. The lowest BCUT2D eigenvalue weighted by atomic mass is 9.89. The number of aromatic nitrogens is 2. The Kier molecular flexibility index (Phi) is 6.01. The van der Waals surface area contributed by atoms with Crippen molar-refractivity contribution in [2.24, 2.45) is 5.92 Å². The maximum Gasteiger partial charge on any atom is 0.262 e. The molecule has 0 N–H and O–H groups in total. The summed E-state index contributed by atoms with van der Waals surface area (Å²) in [5.74, 6) is 1.31. The van der Waals surface area contributed by atoms with Crippen LogP contribution in [0.1, 0.15) is 39.0 Å². The minimum Gasteiger partial charge on any atom is -0.287 e. The van der Waals surface area contributed by atoms with Crippen molar-refractivity contribution in [3.05, 3.63) is 45.7 Å². The number of para-hydroxylation sites is 1. The minimum atomic E-state index is 0.0836. The lowest BCUT2D eigenvalue weighted by molar-refractivity contribution is 0.306. The summed E-state index contributed by atoms with van der Waals surface area (Å²) >= 11 is 7.51. The highest BCUT2D eigenvalue weighted by Gasteiger charge is 2.18. The summed E-state index contributed by atoms with van der Waals surface area (Å²) in [4.78, 5) is 17.7. The first-order valence-corrected chi connectivity index (χ1v) is 9.96. The second-order valence-electron chi connectivity index (χ2n) is 6.43. The molecule has 5 heteroatoms. The maximum absolute atomic E-state index is 13.0. The van der Waals surface area contributed by atoms with Gasteiger partial charge in [0, 0.05) is 17.3 Å². The van der Waals surface area contributed by atoms with Crippen LogP contribution in [0.15, 0.2) is 45.3 Å². The molecule has 1 aliphatic rings. The molecule has 0 aliphatic heterocycles. The van der Waals surface area contributed by atoms with Gasteiger partial charge in [-0.15, -0.1) is 0 Å². The number of benzene rings is 1. The largest absolute Gasteiger partial charge is 0.287 e. The van der Waals surface area contributed by atoms with Crippen LogP contribution in [0.4, 0.5) is 0 Å². The van der Waals surface area contributed by atoms with Crippen LogP contribution in [0.2, 0.25) is 0 Å². The van der Waals surface area contributed by atoms with Crippen molar-refractivity contribution in [2.75, 3.05) is 5.75 Å². The summed E-state index contributed by atoms with van der Waals surface area (Å²) in [7, 11) is 0. The summed E-state index contributed by atoms with van der Waals surface area (Å²) in [6, 6.07) is 7.62. The van der Waals surface area contributed by atoms with Gasteiger partial charge in [0.2, 0.25) is 0 Å². The second kappa shape index (κ2) is 8.21. The number of hydrogen-bond acceptors (Lipinski definition) is 3. The van der Waals surface area contributed by atoms with Crippen LogP contribution >= 0.6 is 23.4 Å². The van der Waals surface area contributed by atoms with Crippen LogP contribution in [0, 0.1) is 5.92 Å². The number of fused-ring (bicyclic) bond motifs is 1. The van der Waals surface area contributed by atoms with E-state index >= 15 is 0 Å². The Hall–Kier alpha value is -1.26. The minimum absolute atomic E-state index is 0.0836. The van der Waals surface area contributed by atoms with Gasteiger partial charge in [0.1, 0.15) is 0 Å². The van der Waals surface area contributed by atoms with E-state index in [9.17, 15) is 4.79 Å². The van der Waals surface area contributed by atoms with Crippen LogP contribution in [0.5, 0.6) is 0 Å². The summed E-state index contributed by atoms with van der Waals surface area (Å²) in [5.41, 5.74) is 0.858. The van der Waals surface area contributed by atoms with E-state index < -0.39 is 0 Å². The van der Waals surface area contributed by atoms with Crippen LogP contribution in [-0.4, -0.2) is 15.3 Å². The monoisotopic (exact) mass is 362 g/mol. The lowest BCUT2D eigenvalue weighted by Crippen LogP contribution is -2.27. The van der Waals surface area contributed by atoms with Crippen molar-refractivity contribution in [3.63, 3.8) is 0 Å². The van der Waals surface area contributed by atoms with Crippen LogP contribution in [0.3, 0.4) is 0 Å². The molecular weight excluding hydrogens is 340 g/mol. The zero-order chi connectivity index (χ0) is 16.9. The van der Waals surface area contributed by atoms with E-state index in [2.05, 4.69) is 0 Å². The van der Waals surface area contributed by atoms with Crippen molar-refractivity contribution in [1.82, 2.24) is 9.55 Å². The number of halogens is 1. The Bertz CT molecular complexity index is 790. The van der Waals surface area contributed by atoms with Gasteiger partial charge in [-0.1, -0.05) is 60.8 Å². The molecule has 0 spiro atoms. The Morgan fingerprint density at radius 2 is 2.08 bits per heavy atom. The Morgan fingerprint density at radius 3 is 2.83 bits per heavy atom. The molecule has 24 heavy (non-hydrogen) atoms. The first-order valence-electron chi connectivity index (χ1n) is 8.60. The van der Waals surface area contributed by atoms with Gasteiger partial charge in [-0.2, -0.15) is 0 Å². The summed E-state index contributed by atoms with van der Waals surface area (Å²) in [6.45, 7) is 2.65. The van der Waals surface area contributed by atoms with Gasteiger partial charge in [0.05, 0.1) is 10.9 Å². The molecule has 0 radical (unpaired) electrons. The number of thioether (sulfide) groups is 1. The number of rotatable bonds is 5. The number of nitrogens with zero attached hydrogens (tertiary/aromatic N) is 2. The second-order valence-corrected chi connectivity index (χ2v) is 8.02. The van der Waals surface area contributed by atoms with Crippen LogP contribution in [0.25, 0.3) is 10.9 Å². The van der Waals surface area contributed by atoms with E-state index in [1.807, 2.05) is 41.8 Å². The third-order valence-corrected chi connectivity index (χ3v) is 5.63. The molecule has 3 nitrogen and oxygen atoms in total. The Labute approximate surface area is 152 Å². The standard InChI is InChI=1S/C19H23ClN2OS/c1-14(20)11-12-24-19-21-17-10-6-5-9-16(17)18(23)22(19)13-15-7-3-2-4-8-15/h5-6,9-11,15H,2-4,7-8,12-13H2,1H3. The fourth-order valence-electron chi connectivity index (χ4n) is 3.28. The molecule has 3 rings (SSSR count). The molecule has 0 bridgehead atoms. The van der Waals surface area contributed by atoms with E-state index in [0.29, 0.717) is 11.3 Å². The van der Waals surface area contributed by atoms with Gasteiger partial charge < -0.3 is 0 Å². The van der Waals surface area contributed by atoms with Gasteiger partial charge in [-0.3, -0.25) is 9.36 Å². The third-order valence-electron chi connectivity index (χ3n) is 4.57. The van der Waals surface area contributed by atoms with E-state index in [-0.39, 0.29) is 5.56 Å². The van der Waals surface area contributed by atoms with E-state index in [4.69, 9.17) is 16.6 Å². The number of allylic oxidation sites excluding steroid dienone is 1. The van der Waals surface area contributed by atoms with Crippen LogP contribution in [-0.2, 0) is 6.54 Å². The lowest BCUT2D eigenvalue weighted by Gasteiger charge is -2.23. The summed E-state index contributed by atoms with van der Waals surface area (Å²) in [6.07, 6.45) is 8.25. The molecule has 0 atom stereocenters. The van der Waals surface area contributed by atoms with E-state index in [0.717, 1.165) is 28.0 Å². The highest BCUT2D eigenvalue weighted by Crippen LogP contribution is 2.27. The fourth-order valence-corrected chi connectivity index (χ4v) is 4.41. The zero-order valence-electron chi connectivity index (χ0n) is 14.0. The third kappa shape index (κ3) is 4.22. The molecule has 2 aromatic rings. The van der Waals surface area contributed by atoms with E-state index in [1.165, 1.54) is 32.1 Å². The molecule has 0 amide bonds. The van der Waals surface area contributed by atoms with Crippen molar-refractivity contribution >= 4 is 34.3 Å². The molecule has 1 fully saturated rings. The van der Waals surface area contributed by atoms with Gasteiger partial charge in [-0.05, 0) is 37.8 Å².